The molecule has 0 radical (unpaired) electrons. The van der Waals surface area contributed by atoms with Gasteiger partial charge in [0.15, 0.2) is 0 Å². The fourth-order valence-corrected chi connectivity index (χ4v) is 5.05. The number of rotatable bonds is 2. The first-order valence-corrected chi connectivity index (χ1v) is 8.68. The van der Waals surface area contributed by atoms with E-state index in [1.165, 1.54) is 0 Å². The van der Waals surface area contributed by atoms with Crippen molar-refractivity contribution < 1.29 is 13.2 Å². The highest BCUT2D eigenvalue weighted by molar-refractivity contribution is 7.86. The predicted molar refractivity (Wildman–Crippen MR) is 78.8 cm³/mol. The topological polar surface area (TPSA) is 61.9 Å². The van der Waals surface area contributed by atoms with Gasteiger partial charge >= 0.3 is 0 Å². The van der Waals surface area contributed by atoms with E-state index in [9.17, 15) is 8.42 Å². The third kappa shape index (κ3) is 3.71. The van der Waals surface area contributed by atoms with Gasteiger partial charge in [-0.2, -0.15) is 17.0 Å². The van der Waals surface area contributed by atoms with E-state index in [0.29, 0.717) is 26.2 Å². The first-order valence-electron chi connectivity index (χ1n) is 7.29. The van der Waals surface area contributed by atoms with Crippen molar-refractivity contribution in [3.8, 4) is 0 Å². The van der Waals surface area contributed by atoms with Gasteiger partial charge in [-0.3, -0.25) is 0 Å². The Kier molecular flexibility index (Phi) is 4.47. The maximum atomic E-state index is 12.8. The zero-order chi connectivity index (χ0) is 15.0. The summed E-state index contributed by atoms with van der Waals surface area (Å²) >= 11 is 0. The van der Waals surface area contributed by atoms with Crippen LogP contribution in [0.15, 0.2) is 0 Å². The third-order valence-electron chi connectivity index (χ3n) is 3.62. The molecule has 0 aliphatic carbocycles. The molecule has 0 atom stereocenters. The largest absolute Gasteiger partial charge is 0.367 e. The van der Waals surface area contributed by atoms with E-state index in [1.807, 2.05) is 27.7 Å². The standard InChI is InChI=1S/C13H27N3O3S/c1-12(2)10-16(11-13(3,4)19-12)20(17,18)15-8-5-6-14-7-9-15/h14H,5-11H2,1-4H3. The van der Waals surface area contributed by atoms with E-state index >= 15 is 0 Å². The Morgan fingerprint density at radius 3 is 2.15 bits per heavy atom. The van der Waals surface area contributed by atoms with Crippen molar-refractivity contribution in [1.29, 1.82) is 0 Å². The highest BCUT2D eigenvalue weighted by Crippen LogP contribution is 2.30. The lowest BCUT2D eigenvalue weighted by Crippen LogP contribution is -2.61. The minimum atomic E-state index is -3.40. The van der Waals surface area contributed by atoms with Crippen LogP contribution < -0.4 is 5.32 Å². The van der Waals surface area contributed by atoms with Crippen LogP contribution in [0, 0.1) is 0 Å². The number of ether oxygens (including phenoxy) is 1. The van der Waals surface area contributed by atoms with Gasteiger partial charge in [0.1, 0.15) is 0 Å². The first-order chi connectivity index (χ1) is 9.12. The molecule has 0 saturated carbocycles. The Hall–Kier alpha value is -0.210. The number of hydrogen-bond donors (Lipinski definition) is 1. The average Bonchev–Trinajstić information content (AvgIpc) is 2.53. The second kappa shape index (κ2) is 5.53. The molecular weight excluding hydrogens is 278 g/mol. The highest BCUT2D eigenvalue weighted by Gasteiger charge is 2.44. The predicted octanol–water partition coefficient (Wildman–Crippen LogP) is 0.416. The third-order valence-corrected chi connectivity index (χ3v) is 5.55. The van der Waals surface area contributed by atoms with Crippen molar-refractivity contribution in [1.82, 2.24) is 13.9 Å². The van der Waals surface area contributed by atoms with Crippen LogP contribution in [0.25, 0.3) is 0 Å². The number of nitrogens with zero attached hydrogens (tertiary/aromatic N) is 2. The Morgan fingerprint density at radius 2 is 1.55 bits per heavy atom. The van der Waals surface area contributed by atoms with E-state index < -0.39 is 21.4 Å². The first kappa shape index (κ1) is 16.2. The summed E-state index contributed by atoms with van der Waals surface area (Å²) in [6, 6.07) is 0. The molecule has 0 spiro atoms. The van der Waals surface area contributed by atoms with Crippen LogP contribution in [-0.4, -0.2) is 67.5 Å². The molecule has 7 heteroatoms. The molecule has 2 rings (SSSR count). The summed E-state index contributed by atoms with van der Waals surface area (Å²) in [6.07, 6.45) is 0.857. The molecule has 0 unspecified atom stereocenters. The monoisotopic (exact) mass is 305 g/mol. The van der Waals surface area contributed by atoms with Crippen LogP contribution in [0.2, 0.25) is 0 Å². The van der Waals surface area contributed by atoms with E-state index in [1.54, 1.807) is 8.61 Å². The van der Waals surface area contributed by atoms with Crippen molar-refractivity contribution in [2.24, 2.45) is 0 Å². The van der Waals surface area contributed by atoms with Crippen molar-refractivity contribution in [2.45, 2.75) is 45.3 Å². The molecule has 1 N–H and O–H groups in total. The van der Waals surface area contributed by atoms with Gasteiger partial charge in [0, 0.05) is 32.7 Å². The van der Waals surface area contributed by atoms with Crippen LogP contribution in [0.1, 0.15) is 34.1 Å². The Labute approximate surface area is 122 Å². The lowest BCUT2D eigenvalue weighted by atomic mass is 10.0. The molecule has 2 aliphatic rings. The summed E-state index contributed by atoms with van der Waals surface area (Å²) in [4.78, 5) is 0. The average molecular weight is 305 g/mol. The molecule has 2 fully saturated rings. The van der Waals surface area contributed by atoms with E-state index in [2.05, 4.69) is 5.32 Å². The molecule has 118 valence electrons. The van der Waals surface area contributed by atoms with Gasteiger partial charge in [-0.1, -0.05) is 0 Å². The number of nitrogens with one attached hydrogen (secondary N) is 1. The normalized spacial score (nSPS) is 29.0. The van der Waals surface area contributed by atoms with Gasteiger partial charge in [0.05, 0.1) is 11.2 Å². The molecule has 2 saturated heterocycles. The number of hydrogen-bond acceptors (Lipinski definition) is 4. The smallest absolute Gasteiger partial charge is 0.282 e. The van der Waals surface area contributed by atoms with Gasteiger partial charge in [0.25, 0.3) is 10.2 Å². The summed E-state index contributed by atoms with van der Waals surface area (Å²) in [7, 11) is -3.40. The summed E-state index contributed by atoms with van der Waals surface area (Å²) < 4.78 is 34.8. The fourth-order valence-electron chi connectivity index (χ4n) is 3.10. The molecule has 0 bridgehead atoms. The SMILES string of the molecule is CC1(C)CN(S(=O)(=O)N2CCCNCC2)CC(C)(C)O1. The Bertz CT molecular complexity index is 424. The molecule has 2 heterocycles. The Morgan fingerprint density at radius 1 is 0.950 bits per heavy atom. The molecule has 2 aliphatic heterocycles. The molecule has 0 amide bonds. The van der Waals surface area contributed by atoms with Gasteiger partial charge in [-0.25, -0.2) is 0 Å². The summed E-state index contributed by atoms with van der Waals surface area (Å²) in [6.45, 7) is 11.3. The van der Waals surface area contributed by atoms with Crippen molar-refractivity contribution >= 4 is 10.2 Å². The minimum Gasteiger partial charge on any atom is -0.367 e. The highest BCUT2D eigenvalue weighted by atomic mass is 32.2. The zero-order valence-corrected chi connectivity index (χ0v) is 13.8. The summed E-state index contributed by atoms with van der Waals surface area (Å²) in [5, 5.41) is 3.24. The van der Waals surface area contributed by atoms with Crippen LogP contribution in [0.4, 0.5) is 0 Å². The summed E-state index contributed by atoms with van der Waals surface area (Å²) in [5.74, 6) is 0. The van der Waals surface area contributed by atoms with Crippen LogP contribution in [0.3, 0.4) is 0 Å². The second-order valence-electron chi connectivity index (χ2n) is 6.90. The quantitative estimate of drug-likeness (QED) is 0.803. The van der Waals surface area contributed by atoms with Gasteiger partial charge in [0.2, 0.25) is 0 Å². The van der Waals surface area contributed by atoms with Crippen LogP contribution >= 0.6 is 0 Å². The number of morpholine rings is 1. The fraction of sp³-hybridized carbons (Fsp3) is 1.00. The lowest BCUT2D eigenvalue weighted by molar-refractivity contribution is -0.164. The van der Waals surface area contributed by atoms with Gasteiger partial charge < -0.3 is 10.1 Å². The molecule has 0 aromatic rings. The van der Waals surface area contributed by atoms with Crippen LogP contribution in [0.5, 0.6) is 0 Å². The van der Waals surface area contributed by atoms with Crippen molar-refractivity contribution in [2.75, 3.05) is 39.3 Å². The zero-order valence-electron chi connectivity index (χ0n) is 13.0. The van der Waals surface area contributed by atoms with Gasteiger partial charge in [-0.15, -0.1) is 0 Å². The summed E-state index contributed by atoms with van der Waals surface area (Å²) in [5.41, 5.74) is -0.919. The Balaban J connectivity index is 2.19. The van der Waals surface area contributed by atoms with Crippen molar-refractivity contribution in [3.05, 3.63) is 0 Å². The van der Waals surface area contributed by atoms with Gasteiger partial charge in [-0.05, 0) is 40.7 Å². The lowest BCUT2D eigenvalue weighted by Gasteiger charge is -2.47. The maximum Gasteiger partial charge on any atom is 0.282 e. The molecular formula is C13H27N3O3S. The minimum absolute atomic E-state index is 0.405. The molecule has 0 aromatic carbocycles. The van der Waals surface area contributed by atoms with Crippen molar-refractivity contribution in [3.63, 3.8) is 0 Å². The van der Waals surface area contributed by atoms with E-state index in [0.717, 1.165) is 19.5 Å². The molecule has 20 heavy (non-hydrogen) atoms. The second-order valence-corrected chi connectivity index (χ2v) is 8.83. The maximum absolute atomic E-state index is 12.8. The van der Waals surface area contributed by atoms with E-state index in [4.69, 9.17) is 4.74 Å². The molecule has 0 aromatic heterocycles. The molecule has 6 nitrogen and oxygen atoms in total. The van der Waals surface area contributed by atoms with E-state index in [-0.39, 0.29) is 0 Å². The van der Waals surface area contributed by atoms with Crippen LogP contribution in [-0.2, 0) is 14.9 Å².